The van der Waals surface area contributed by atoms with Crippen LogP contribution in [-0.4, -0.2) is 24.5 Å². The number of benzene rings is 8. The third-order valence-corrected chi connectivity index (χ3v) is 11.2. The highest BCUT2D eigenvalue weighted by Gasteiger charge is 2.17. The Hall–Kier alpha value is -8.02. The highest BCUT2D eigenvalue weighted by molar-refractivity contribution is 6.12. The Morgan fingerprint density at radius 3 is 1.54 bits per heavy atom. The van der Waals surface area contributed by atoms with E-state index in [9.17, 15) is 0 Å². The lowest BCUT2D eigenvalue weighted by molar-refractivity contribution is 1.07. The van der Waals surface area contributed by atoms with Gasteiger partial charge in [0.2, 0.25) is 0 Å². The van der Waals surface area contributed by atoms with Gasteiger partial charge in [-0.15, -0.1) is 0 Å². The summed E-state index contributed by atoms with van der Waals surface area (Å²) in [6.45, 7) is 0. The molecule has 0 N–H and O–H groups in total. The Morgan fingerprint density at radius 2 is 0.831 bits per heavy atom. The van der Waals surface area contributed by atoms with Crippen LogP contribution in [0.5, 0.6) is 0 Å². The summed E-state index contributed by atoms with van der Waals surface area (Å²) >= 11 is 0. The minimum Gasteiger partial charge on any atom is -0.309 e. The second-order valence-electron chi connectivity index (χ2n) is 14.7. The van der Waals surface area contributed by atoms with Gasteiger partial charge in [-0.1, -0.05) is 158 Å². The van der Waals surface area contributed by atoms with Crippen molar-refractivity contribution in [2.75, 3.05) is 0 Å². The number of para-hydroxylation sites is 2. The van der Waals surface area contributed by atoms with Gasteiger partial charge in [-0.3, -0.25) is 4.98 Å². The maximum Gasteiger partial charge on any atom is 0.164 e. The molecular formula is C54H35N5. The second-order valence-corrected chi connectivity index (χ2v) is 14.7. The molecule has 0 atom stereocenters. The van der Waals surface area contributed by atoms with E-state index in [1.807, 2.05) is 54.7 Å². The Labute approximate surface area is 341 Å². The second kappa shape index (κ2) is 14.5. The first kappa shape index (κ1) is 34.2. The van der Waals surface area contributed by atoms with Crippen LogP contribution in [0.4, 0.5) is 0 Å². The van der Waals surface area contributed by atoms with Crippen LogP contribution in [0.3, 0.4) is 0 Å². The van der Waals surface area contributed by atoms with Crippen molar-refractivity contribution in [3.63, 3.8) is 0 Å². The van der Waals surface area contributed by atoms with Crippen molar-refractivity contribution in [1.29, 1.82) is 0 Å². The molecule has 0 spiro atoms. The van der Waals surface area contributed by atoms with E-state index in [-0.39, 0.29) is 0 Å². The third kappa shape index (κ3) is 6.22. The molecule has 11 aromatic rings. The van der Waals surface area contributed by atoms with Crippen LogP contribution in [0.25, 0.3) is 106 Å². The Kier molecular flexibility index (Phi) is 8.41. The van der Waals surface area contributed by atoms with Gasteiger partial charge in [0.15, 0.2) is 17.5 Å². The maximum atomic E-state index is 5.05. The van der Waals surface area contributed by atoms with Gasteiger partial charge in [-0.25, -0.2) is 15.0 Å². The lowest BCUT2D eigenvalue weighted by Crippen LogP contribution is -2.00. The quantitative estimate of drug-likeness (QED) is 0.163. The predicted molar refractivity (Wildman–Crippen MR) is 242 cm³/mol. The van der Waals surface area contributed by atoms with Crippen molar-refractivity contribution in [3.05, 3.63) is 213 Å². The summed E-state index contributed by atoms with van der Waals surface area (Å²) in [6.07, 6.45) is 3.66. The number of hydrogen-bond acceptors (Lipinski definition) is 4. The SMILES string of the molecule is c1ccc(-c2nc(-c3ccc(-c4ccc(-c5ccc6c(c5)c5ccccc5n6-c5ccccc5)c5ccccc45)cc3)nc(-c3cccc(-c4cccnc4)c3)n2)cc1. The predicted octanol–water partition coefficient (Wildman–Crippen LogP) is 13.5. The number of aromatic nitrogens is 5. The van der Waals surface area contributed by atoms with Crippen LogP contribution in [0.1, 0.15) is 0 Å². The van der Waals surface area contributed by atoms with Crippen LogP contribution < -0.4 is 0 Å². The van der Waals surface area contributed by atoms with Gasteiger partial charge in [0.25, 0.3) is 0 Å². The summed E-state index contributed by atoms with van der Waals surface area (Å²) in [5, 5.41) is 4.90. The fourth-order valence-electron chi connectivity index (χ4n) is 8.32. The summed E-state index contributed by atoms with van der Waals surface area (Å²) in [6, 6.07) is 70.4. The molecule has 0 saturated carbocycles. The molecule has 0 aliphatic heterocycles. The van der Waals surface area contributed by atoms with Gasteiger partial charge < -0.3 is 4.57 Å². The summed E-state index contributed by atoms with van der Waals surface area (Å²) in [4.78, 5) is 19.3. The molecule has 0 aliphatic rings. The topological polar surface area (TPSA) is 56.5 Å². The van der Waals surface area contributed by atoms with Crippen LogP contribution in [-0.2, 0) is 0 Å². The minimum atomic E-state index is 0.619. The Bertz CT molecular complexity index is 3300. The molecule has 5 nitrogen and oxygen atoms in total. The molecule has 3 aromatic heterocycles. The normalized spacial score (nSPS) is 11.4. The molecule has 0 aliphatic carbocycles. The smallest absolute Gasteiger partial charge is 0.164 e. The summed E-state index contributed by atoms with van der Waals surface area (Å²) in [7, 11) is 0. The third-order valence-electron chi connectivity index (χ3n) is 11.2. The molecule has 11 rings (SSSR count). The molecule has 0 unspecified atom stereocenters. The van der Waals surface area contributed by atoms with E-state index in [2.05, 4.69) is 161 Å². The average molecular weight is 754 g/mol. The van der Waals surface area contributed by atoms with E-state index >= 15 is 0 Å². The molecule has 0 radical (unpaired) electrons. The Balaban J connectivity index is 0.978. The van der Waals surface area contributed by atoms with Crippen molar-refractivity contribution >= 4 is 32.6 Å². The van der Waals surface area contributed by atoms with E-state index in [4.69, 9.17) is 15.0 Å². The number of hydrogen-bond donors (Lipinski definition) is 0. The molecule has 0 saturated heterocycles. The van der Waals surface area contributed by atoms with Crippen molar-refractivity contribution in [1.82, 2.24) is 24.5 Å². The van der Waals surface area contributed by atoms with Gasteiger partial charge in [-0.2, -0.15) is 0 Å². The average Bonchev–Trinajstić information content (AvgIpc) is 3.66. The first-order valence-electron chi connectivity index (χ1n) is 19.8. The zero-order valence-electron chi connectivity index (χ0n) is 31.9. The fourth-order valence-corrected chi connectivity index (χ4v) is 8.32. The molecule has 59 heavy (non-hydrogen) atoms. The number of fused-ring (bicyclic) bond motifs is 4. The molecule has 0 bridgehead atoms. The summed E-state index contributed by atoms with van der Waals surface area (Å²) in [5.41, 5.74) is 13.1. The van der Waals surface area contributed by atoms with Crippen molar-refractivity contribution in [2.45, 2.75) is 0 Å². The lowest BCUT2D eigenvalue weighted by Gasteiger charge is -2.13. The molecular weight excluding hydrogens is 719 g/mol. The van der Waals surface area contributed by atoms with Gasteiger partial charge in [-0.05, 0) is 81.1 Å². The summed E-state index contributed by atoms with van der Waals surface area (Å²) < 4.78 is 2.36. The molecule has 5 heteroatoms. The van der Waals surface area contributed by atoms with Gasteiger partial charge in [0.05, 0.1) is 11.0 Å². The van der Waals surface area contributed by atoms with E-state index < -0.39 is 0 Å². The van der Waals surface area contributed by atoms with Crippen LogP contribution in [0, 0.1) is 0 Å². The molecule has 3 heterocycles. The first-order chi connectivity index (χ1) is 29.2. The van der Waals surface area contributed by atoms with E-state index in [1.54, 1.807) is 6.20 Å². The lowest BCUT2D eigenvalue weighted by atomic mass is 9.91. The van der Waals surface area contributed by atoms with E-state index in [0.29, 0.717) is 17.5 Å². The maximum absolute atomic E-state index is 5.05. The largest absolute Gasteiger partial charge is 0.309 e. The monoisotopic (exact) mass is 753 g/mol. The Morgan fingerprint density at radius 1 is 0.305 bits per heavy atom. The zero-order chi connectivity index (χ0) is 39.1. The van der Waals surface area contributed by atoms with Crippen molar-refractivity contribution in [2.24, 2.45) is 0 Å². The highest BCUT2D eigenvalue weighted by atomic mass is 15.0. The van der Waals surface area contributed by atoms with Crippen LogP contribution >= 0.6 is 0 Å². The zero-order valence-corrected chi connectivity index (χ0v) is 31.9. The standard InChI is InChI=1S/C54H35N5/c1-3-13-37(14-4-1)52-56-53(58-54(57-52)41-16-11-15-39(33-41)42-17-12-32-55-35-42)38-26-24-36(25-27-38)44-29-30-45(47-21-8-7-20-46(44)47)40-28-31-51-49(34-40)48-22-9-10-23-50(48)59(51)43-18-5-2-6-19-43/h1-35H. The van der Waals surface area contributed by atoms with Crippen LogP contribution in [0.2, 0.25) is 0 Å². The fraction of sp³-hybridized carbons (Fsp3) is 0. The van der Waals surface area contributed by atoms with Gasteiger partial charge in [0.1, 0.15) is 0 Å². The number of nitrogens with zero attached hydrogens (tertiary/aromatic N) is 5. The van der Waals surface area contributed by atoms with E-state index in [1.165, 1.54) is 49.3 Å². The number of rotatable bonds is 7. The molecule has 8 aromatic carbocycles. The van der Waals surface area contributed by atoms with Gasteiger partial charge in [0, 0.05) is 51.1 Å². The highest BCUT2D eigenvalue weighted by Crippen LogP contribution is 2.40. The van der Waals surface area contributed by atoms with Gasteiger partial charge >= 0.3 is 0 Å². The van der Waals surface area contributed by atoms with E-state index in [0.717, 1.165) is 39.1 Å². The van der Waals surface area contributed by atoms with Crippen molar-refractivity contribution < 1.29 is 0 Å². The molecule has 0 amide bonds. The molecule has 276 valence electrons. The first-order valence-corrected chi connectivity index (χ1v) is 19.8. The van der Waals surface area contributed by atoms with Crippen molar-refractivity contribution in [3.8, 4) is 73.2 Å². The molecule has 0 fully saturated rings. The van der Waals surface area contributed by atoms with Crippen LogP contribution in [0.15, 0.2) is 213 Å². The number of pyridine rings is 1. The minimum absolute atomic E-state index is 0.619. The summed E-state index contributed by atoms with van der Waals surface area (Å²) in [5.74, 6) is 1.87.